The van der Waals surface area contributed by atoms with Gasteiger partial charge in [-0.1, -0.05) is 29.8 Å². The highest BCUT2D eigenvalue weighted by molar-refractivity contribution is 6.31. The Morgan fingerprint density at radius 1 is 0.966 bits per heavy atom. The molecular formula is C23H22ClNO4. The van der Waals surface area contributed by atoms with Gasteiger partial charge in [-0.3, -0.25) is 9.59 Å². The molecule has 5 nitrogen and oxygen atoms in total. The maximum absolute atomic E-state index is 13.2. The first-order valence-corrected chi connectivity index (χ1v) is 9.92. The van der Waals surface area contributed by atoms with Crippen molar-refractivity contribution in [2.75, 3.05) is 14.2 Å². The van der Waals surface area contributed by atoms with E-state index >= 15 is 0 Å². The molecule has 0 bridgehead atoms. The van der Waals surface area contributed by atoms with Crippen LogP contribution in [0.3, 0.4) is 0 Å². The van der Waals surface area contributed by atoms with Gasteiger partial charge in [0.2, 0.25) is 5.91 Å². The van der Waals surface area contributed by atoms with Gasteiger partial charge in [-0.2, -0.15) is 0 Å². The molecule has 2 aliphatic rings. The van der Waals surface area contributed by atoms with Crippen LogP contribution in [-0.2, 0) is 9.59 Å². The van der Waals surface area contributed by atoms with Crippen molar-refractivity contribution in [2.24, 2.45) is 0 Å². The SMILES string of the molecule is COc1ccc(OC)c(C2CC(=O)NC3=C2C(=O)CC(c2ccccc2Cl)C3)c1. The van der Waals surface area contributed by atoms with Gasteiger partial charge in [-0.15, -0.1) is 0 Å². The van der Waals surface area contributed by atoms with Crippen LogP contribution < -0.4 is 14.8 Å². The Hall–Kier alpha value is -2.79. The Balaban J connectivity index is 1.77. The second-order valence-electron chi connectivity index (χ2n) is 7.35. The number of methoxy groups -OCH3 is 2. The molecule has 4 rings (SSSR count). The normalized spacial score (nSPS) is 21.5. The minimum Gasteiger partial charge on any atom is -0.497 e. The lowest BCUT2D eigenvalue weighted by Gasteiger charge is -2.35. The second-order valence-corrected chi connectivity index (χ2v) is 7.76. The number of halogens is 1. The van der Waals surface area contributed by atoms with Gasteiger partial charge >= 0.3 is 0 Å². The number of carbonyl (C=O) groups is 2. The summed E-state index contributed by atoms with van der Waals surface area (Å²) in [6, 6.07) is 13.0. The van der Waals surface area contributed by atoms with Crippen molar-refractivity contribution < 1.29 is 19.1 Å². The van der Waals surface area contributed by atoms with E-state index in [0.29, 0.717) is 40.6 Å². The average Bonchev–Trinajstić information content (AvgIpc) is 2.72. The second kappa shape index (κ2) is 7.91. The third-order valence-electron chi connectivity index (χ3n) is 5.69. The van der Waals surface area contributed by atoms with E-state index in [2.05, 4.69) is 5.32 Å². The van der Waals surface area contributed by atoms with Gasteiger partial charge in [0.1, 0.15) is 11.5 Å². The van der Waals surface area contributed by atoms with Gasteiger partial charge in [0.05, 0.1) is 14.2 Å². The van der Waals surface area contributed by atoms with Crippen LogP contribution in [0.2, 0.25) is 5.02 Å². The average molecular weight is 412 g/mol. The van der Waals surface area contributed by atoms with Crippen molar-refractivity contribution in [3.63, 3.8) is 0 Å². The van der Waals surface area contributed by atoms with Crippen molar-refractivity contribution in [3.8, 4) is 11.5 Å². The van der Waals surface area contributed by atoms with E-state index in [1.807, 2.05) is 30.3 Å². The lowest BCUT2D eigenvalue weighted by Crippen LogP contribution is -2.38. The Morgan fingerprint density at radius 3 is 2.48 bits per heavy atom. The topological polar surface area (TPSA) is 64.6 Å². The quantitative estimate of drug-likeness (QED) is 0.811. The molecule has 1 amide bonds. The fraction of sp³-hybridized carbons (Fsp3) is 0.304. The molecule has 2 atom stereocenters. The molecule has 0 aromatic heterocycles. The van der Waals surface area contributed by atoms with Crippen LogP contribution >= 0.6 is 11.6 Å². The molecule has 2 aromatic carbocycles. The van der Waals surface area contributed by atoms with Gasteiger partial charge in [0, 0.05) is 40.6 Å². The lowest BCUT2D eigenvalue weighted by molar-refractivity contribution is -0.122. The number of hydrogen-bond acceptors (Lipinski definition) is 4. The van der Waals surface area contributed by atoms with Gasteiger partial charge < -0.3 is 14.8 Å². The number of hydrogen-bond donors (Lipinski definition) is 1. The van der Waals surface area contributed by atoms with Crippen LogP contribution in [0, 0.1) is 0 Å². The third-order valence-corrected chi connectivity index (χ3v) is 6.04. The molecule has 1 aliphatic heterocycles. The predicted molar refractivity (Wildman–Crippen MR) is 111 cm³/mol. The Morgan fingerprint density at radius 2 is 1.76 bits per heavy atom. The van der Waals surface area contributed by atoms with Crippen molar-refractivity contribution in [1.29, 1.82) is 0 Å². The zero-order valence-corrected chi connectivity index (χ0v) is 17.1. The number of Topliss-reactive ketones (excluding diaryl/α,β-unsaturated/α-hetero) is 1. The molecule has 0 saturated heterocycles. The van der Waals surface area contributed by atoms with Crippen molar-refractivity contribution in [1.82, 2.24) is 5.32 Å². The molecule has 0 radical (unpaired) electrons. The van der Waals surface area contributed by atoms with E-state index in [1.165, 1.54) is 0 Å². The molecule has 29 heavy (non-hydrogen) atoms. The molecule has 1 N–H and O–H groups in total. The summed E-state index contributed by atoms with van der Waals surface area (Å²) in [7, 11) is 3.17. The minimum absolute atomic E-state index is 0.0334. The zero-order chi connectivity index (χ0) is 20.5. The highest BCUT2D eigenvalue weighted by Crippen LogP contribution is 2.46. The first-order valence-electron chi connectivity index (χ1n) is 9.54. The number of nitrogens with one attached hydrogen (secondary N) is 1. The van der Waals surface area contributed by atoms with E-state index in [4.69, 9.17) is 21.1 Å². The molecule has 1 heterocycles. The summed E-state index contributed by atoms with van der Waals surface area (Å²) in [4.78, 5) is 25.8. The summed E-state index contributed by atoms with van der Waals surface area (Å²) < 4.78 is 10.9. The maximum atomic E-state index is 13.2. The smallest absolute Gasteiger partial charge is 0.225 e. The predicted octanol–water partition coefficient (Wildman–Crippen LogP) is 4.36. The number of benzene rings is 2. The maximum Gasteiger partial charge on any atom is 0.225 e. The number of rotatable bonds is 4. The molecule has 0 fully saturated rings. The molecule has 2 aromatic rings. The van der Waals surface area contributed by atoms with E-state index in [-0.39, 0.29) is 29.9 Å². The molecule has 1 aliphatic carbocycles. The van der Waals surface area contributed by atoms with Crippen LogP contribution in [0.15, 0.2) is 53.7 Å². The van der Waals surface area contributed by atoms with Gasteiger partial charge in [0.25, 0.3) is 0 Å². The van der Waals surface area contributed by atoms with Crippen LogP contribution in [0.1, 0.15) is 42.2 Å². The zero-order valence-electron chi connectivity index (χ0n) is 16.3. The summed E-state index contributed by atoms with van der Waals surface area (Å²) in [6.45, 7) is 0. The largest absolute Gasteiger partial charge is 0.497 e. The number of carbonyl (C=O) groups excluding carboxylic acids is 2. The summed E-state index contributed by atoms with van der Waals surface area (Å²) in [5, 5.41) is 3.58. The molecule has 6 heteroatoms. The standard InChI is InChI=1S/C23H22ClNO4/c1-28-14-7-8-21(29-2)16(11-14)17-12-22(27)25-19-9-13(10-20(26)23(17)19)15-5-3-4-6-18(15)24/h3-8,11,13,17H,9-10,12H2,1-2H3,(H,25,27). The van der Waals surface area contributed by atoms with Crippen LogP contribution in [-0.4, -0.2) is 25.9 Å². The molecule has 0 spiro atoms. The number of ether oxygens (including phenoxy) is 2. The molecule has 150 valence electrons. The molecular weight excluding hydrogens is 390 g/mol. The van der Waals surface area contributed by atoms with E-state index in [0.717, 1.165) is 11.1 Å². The summed E-state index contributed by atoms with van der Waals surface area (Å²) in [5.74, 6) is 0.812. The summed E-state index contributed by atoms with van der Waals surface area (Å²) in [6.07, 6.45) is 1.13. The summed E-state index contributed by atoms with van der Waals surface area (Å²) >= 11 is 6.36. The lowest BCUT2D eigenvalue weighted by atomic mass is 9.73. The van der Waals surface area contributed by atoms with Gasteiger partial charge in [0.15, 0.2) is 5.78 Å². The third kappa shape index (κ3) is 3.62. The minimum atomic E-state index is -0.358. The van der Waals surface area contributed by atoms with Crippen LogP contribution in [0.4, 0.5) is 0 Å². The Kier molecular flexibility index (Phi) is 5.33. The highest BCUT2D eigenvalue weighted by Gasteiger charge is 2.39. The first-order chi connectivity index (χ1) is 14.0. The van der Waals surface area contributed by atoms with Crippen molar-refractivity contribution in [3.05, 3.63) is 69.9 Å². The summed E-state index contributed by atoms with van der Waals surface area (Å²) in [5.41, 5.74) is 3.08. The number of allylic oxidation sites excluding steroid dienone is 2. The van der Waals surface area contributed by atoms with E-state index in [9.17, 15) is 9.59 Å². The highest BCUT2D eigenvalue weighted by atomic mass is 35.5. The molecule has 0 saturated carbocycles. The fourth-order valence-electron chi connectivity index (χ4n) is 4.36. The van der Waals surface area contributed by atoms with E-state index in [1.54, 1.807) is 26.4 Å². The first kappa shape index (κ1) is 19.5. The van der Waals surface area contributed by atoms with Crippen molar-refractivity contribution >= 4 is 23.3 Å². The van der Waals surface area contributed by atoms with Crippen molar-refractivity contribution in [2.45, 2.75) is 31.1 Å². The van der Waals surface area contributed by atoms with Crippen LogP contribution in [0.25, 0.3) is 0 Å². The number of ketones is 1. The van der Waals surface area contributed by atoms with E-state index < -0.39 is 0 Å². The Bertz CT molecular complexity index is 1010. The Labute approximate surface area is 174 Å². The monoisotopic (exact) mass is 411 g/mol. The number of amides is 1. The van der Waals surface area contributed by atoms with Gasteiger partial charge in [-0.25, -0.2) is 0 Å². The van der Waals surface area contributed by atoms with Crippen LogP contribution in [0.5, 0.6) is 11.5 Å². The molecule has 2 unspecified atom stereocenters. The fourth-order valence-corrected chi connectivity index (χ4v) is 4.65. The van der Waals surface area contributed by atoms with Gasteiger partial charge in [-0.05, 0) is 42.2 Å².